The highest BCUT2D eigenvalue weighted by Gasteiger charge is 2.23. The molecule has 0 amide bonds. The molecule has 0 aliphatic heterocycles. The van der Waals surface area contributed by atoms with Crippen LogP contribution in [0.1, 0.15) is 26.3 Å². The number of benzene rings is 7. The Hall–Kier alpha value is -4.42. The summed E-state index contributed by atoms with van der Waals surface area (Å²) >= 11 is 0. The molecule has 0 heteroatoms. The van der Waals surface area contributed by atoms with E-state index in [1.807, 2.05) is 0 Å². The maximum atomic E-state index is 2.41. The molecule has 0 atom stereocenters. The van der Waals surface area contributed by atoms with Gasteiger partial charge in [-0.15, -0.1) is 0 Å². The molecule has 0 saturated heterocycles. The molecule has 0 aliphatic rings. The number of fused-ring (bicyclic) bond motifs is 4. The Morgan fingerprint density at radius 1 is 0.395 bits per heavy atom. The van der Waals surface area contributed by atoms with Crippen molar-refractivity contribution in [2.75, 3.05) is 0 Å². The summed E-state index contributed by atoms with van der Waals surface area (Å²) in [5.74, 6) is 0. The molecule has 7 rings (SSSR count). The van der Waals surface area contributed by atoms with Gasteiger partial charge < -0.3 is 0 Å². The minimum Gasteiger partial charge on any atom is -0.0616 e. The summed E-state index contributed by atoms with van der Waals surface area (Å²) in [6.45, 7) is 7.00. The van der Waals surface area contributed by atoms with Gasteiger partial charge in [-0.1, -0.05) is 130 Å². The van der Waals surface area contributed by atoms with Crippen molar-refractivity contribution in [2.24, 2.45) is 0 Å². The van der Waals surface area contributed by atoms with Crippen molar-refractivity contribution in [3.8, 4) is 22.3 Å². The fraction of sp³-hybridized carbons (Fsp3) is 0.105. The first kappa shape index (κ1) is 22.8. The molecule has 0 unspecified atom stereocenters. The molecule has 0 fully saturated rings. The monoisotopic (exact) mass is 486 g/mol. The number of hydrogen-bond donors (Lipinski definition) is 0. The lowest BCUT2D eigenvalue weighted by Gasteiger charge is -2.26. The van der Waals surface area contributed by atoms with Crippen LogP contribution in [-0.2, 0) is 5.41 Å². The van der Waals surface area contributed by atoms with Crippen LogP contribution in [0.25, 0.3) is 65.3 Å². The second kappa shape index (κ2) is 8.57. The Morgan fingerprint density at radius 3 is 1.61 bits per heavy atom. The topological polar surface area (TPSA) is 0 Å². The van der Waals surface area contributed by atoms with Gasteiger partial charge in [0, 0.05) is 0 Å². The zero-order chi connectivity index (χ0) is 25.9. The van der Waals surface area contributed by atoms with Crippen LogP contribution in [-0.4, -0.2) is 0 Å². The highest BCUT2D eigenvalue weighted by Crippen LogP contribution is 2.45. The summed E-state index contributed by atoms with van der Waals surface area (Å²) in [6.07, 6.45) is 0. The first-order valence-corrected chi connectivity index (χ1v) is 13.4. The molecule has 0 heterocycles. The van der Waals surface area contributed by atoms with E-state index >= 15 is 0 Å². The van der Waals surface area contributed by atoms with Crippen LogP contribution in [0.2, 0.25) is 0 Å². The standard InChI is InChI=1S/C38H30/c1-38(2,3)37-33-15-9-8-14-29(33)24-35-34(37)21-20-32(30-18-16-25-10-4-6-12-27(25)22-30)36(35)31-19-17-26-11-5-7-13-28(26)23-31/h4-24H,1-3H3. The van der Waals surface area contributed by atoms with Gasteiger partial charge in [-0.3, -0.25) is 0 Å². The van der Waals surface area contributed by atoms with E-state index in [0.717, 1.165) is 0 Å². The van der Waals surface area contributed by atoms with Crippen LogP contribution < -0.4 is 0 Å². The minimum absolute atomic E-state index is 0.00420. The third-order valence-electron chi connectivity index (χ3n) is 7.89. The summed E-state index contributed by atoms with van der Waals surface area (Å²) in [6, 6.07) is 47.1. The fourth-order valence-electron chi connectivity index (χ4n) is 6.20. The summed E-state index contributed by atoms with van der Waals surface area (Å²) in [4.78, 5) is 0. The van der Waals surface area contributed by atoms with Crippen molar-refractivity contribution in [3.63, 3.8) is 0 Å². The van der Waals surface area contributed by atoms with E-state index in [0.29, 0.717) is 0 Å². The van der Waals surface area contributed by atoms with Crippen LogP contribution in [0.4, 0.5) is 0 Å². The van der Waals surface area contributed by atoms with Crippen molar-refractivity contribution >= 4 is 43.1 Å². The van der Waals surface area contributed by atoms with Crippen molar-refractivity contribution in [2.45, 2.75) is 26.2 Å². The summed E-state index contributed by atoms with van der Waals surface area (Å²) in [7, 11) is 0. The van der Waals surface area contributed by atoms with E-state index in [1.165, 1.54) is 70.9 Å². The first-order valence-electron chi connectivity index (χ1n) is 13.4. The third kappa shape index (κ3) is 3.68. The summed E-state index contributed by atoms with van der Waals surface area (Å²) in [5.41, 5.74) is 6.50. The van der Waals surface area contributed by atoms with E-state index in [1.54, 1.807) is 0 Å². The number of hydrogen-bond acceptors (Lipinski definition) is 0. The Bertz CT molecular complexity index is 2000. The van der Waals surface area contributed by atoms with Crippen molar-refractivity contribution < 1.29 is 0 Å². The summed E-state index contributed by atoms with van der Waals surface area (Å²) in [5, 5.41) is 10.4. The highest BCUT2D eigenvalue weighted by atomic mass is 14.3. The Kier molecular flexibility index (Phi) is 5.13. The molecule has 7 aromatic rings. The summed E-state index contributed by atoms with van der Waals surface area (Å²) < 4.78 is 0. The van der Waals surface area contributed by atoms with Gasteiger partial charge in [-0.05, 0) is 94.5 Å². The molecule has 0 radical (unpaired) electrons. The van der Waals surface area contributed by atoms with Gasteiger partial charge >= 0.3 is 0 Å². The quantitative estimate of drug-likeness (QED) is 0.213. The molecule has 0 aromatic heterocycles. The molecule has 0 N–H and O–H groups in total. The maximum Gasteiger partial charge on any atom is -0.00263 e. The number of rotatable bonds is 2. The van der Waals surface area contributed by atoms with Crippen LogP contribution in [0.15, 0.2) is 127 Å². The van der Waals surface area contributed by atoms with Crippen LogP contribution >= 0.6 is 0 Å². The van der Waals surface area contributed by atoms with Crippen LogP contribution in [0.5, 0.6) is 0 Å². The van der Waals surface area contributed by atoms with Crippen LogP contribution in [0, 0.1) is 0 Å². The van der Waals surface area contributed by atoms with Crippen molar-refractivity contribution in [1.82, 2.24) is 0 Å². The maximum absolute atomic E-state index is 2.41. The van der Waals surface area contributed by atoms with Gasteiger partial charge in [0.1, 0.15) is 0 Å². The van der Waals surface area contributed by atoms with E-state index in [4.69, 9.17) is 0 Å². The molecule has 0 nitrogen and oxygen atoms in total. The van der Waals surface area contributed by atoms with E-state index in [9.17, 15) is 0 Å². The van der Waals surface area contributed by atoms with Gasteiger partial charge in [0.25, 0.3) is 0 Å². The zero-order valence-electron chi connectivity index (χ0n) is 22.1. The molecule has 0 bridgehead atoms. The van der Waals surface area contributed by atoms with E-state index in [2.05, 4.69) is 148 Å². The van der Waals surface area contributed by atoms with E-state index < -0.39 is 0 Å². The van der Waals surface area contributed by atoms with E-state index in [-0.39, 0.29) is 5.41 Å². The van der Waals surface area contributed by atoms with Gasteiger partial charge in [-0.25, -0.2) is 0 Å². The lowest BCUT2D eigenvalue weighted by molar-refractivity contribution is 0.601. The largest absolute Gasteiger partial charge is 0.0616 e. The zero-order valence-corrected chi connectivity index (χ0v) is 22.1. The molecule has 0 saturated carbocycles. The van der Waals surface area contributed by atoms with Gasteiger partial charge in [0.2, 0.25) is 0 Å². The molecule has 7 aromatic carbocycles. The molecule has 0 aliphatic carbocycles. The van der Waals surface area contributed by atoms with Gasteiger partial charge in [0.05, 0.1) is 0 Å². The fourth-order valence-corrected chi connectivity index (χ4v) is 6.20. The molecular weight excluding hydrogens is 456 g/mol. The average molecular weight is 487 g/mol. The SMILES string of the molecule is CC(C)(C)c1c2ccccc2cc2c(-c3ccc4ccccc4c3)c(-c3ccc4ccccc4c3)ccc12. The van der Waals surface area contributed by atoms with Crippen molar-refractivity contribution in [1.29, 1.82) is 0 Å². The normalized spacial score (nSPS) is 12.1. The second-order valence-electron chi connectivity index (χ2n) is 11.4. The minimum atomic E-state index is 0.00420. The molecule has 182 valence electrons. The second-order valence-corrected chi connectivity index (χ2v) is 11.4. The predicted octanol–water partition coefficient (Wildman–Crippen LogP) is 10.9. The molecule has 38 heavy (non-hydrogen) atoms. The van der Waals surface area contributed by atoms with Gasteiger partial charge in [0.15, 0.2) is 0 Å². The van der Waals surface area contributed by atoms with Gasteiger partial charge in [-0.2, -0.15) is 0 Å². The van der Waals surface area contributed by atoms with Crippen LogP contribution in [0.3, 0.4) is 0 Å². The predicted molar refractivity (Wildman–Crippen MR) is 166 cm³/mol. The first-order chi connectivity index (χ1) is 18.5. The Morgan fingerprint density at radius 2 is 0.947 bits per heavy atom. The third-order valence-corrected chi connectivity index (χ3v) is 7.89. The smallest absolute Gasteiger partial charge is 0.00263 e. The molecular formula is C38H30. The highest BCUT2D eigenvalue weighted by molar-refractivity contribution is 6.13. The lowest BCUT2D eigenvalue weighted by Crippen LogP contribution is -2.12. The lowest BCUT2D eigenvalue weighted by atomic mass is 9.78. The Labute approximate surface area is 224 Å². The molecule has 0 spiro atoms. The average Bonchev–Trinajstić information content (AvgIpc) is 2.94. The van der Waals surface area contributed by atoms with Crippen molar-refractivity contribution in [3.05, 3.63) is 133 Å². The Balaban J connectivity index is 1.64.